The first-order valence-corrected chi connectivity index (χ1v) is 13.3. The number of nitrogens with one attached hydrogen (secondary N) is 1. The maximum atomic E-state index is 12.9. The molecule has 0 aliphatic carbocycles. The van der Waals surface area contributed by atoms with Gasteiger partial charge in [0, 0.05) is 42.3 Å². The number of hydrogen-bond acceptors (Lipinski definition) is 6. The Morgan fingerprint density at radius 1 is 0.974 bits per heavy atom. The lowest BCUT2D eigenvalue weighted by atomic mass is 9.94. The molecule has 0 radical (unpaired) electrons. The van der Waals surface area contributed by atoms with Crippen molar-refractivity contribution in [1.82, 2.24) is 4.90 Å². The smallest absolute Gasteiger partial charge is 0.387 e. The number of piperazine rings is 1. The average Bonchev–Trinajstić information content (AvgIpc) is 3.55. The first kappa shape index (κ1) is 25.9. The lowest BCUT2D eigenvalue weighted by molar-refractivity contribution is -0.0498. The van der Waals surface area contributed by atoms with E-state index in [2.05, 4.69) is 38.9 Å². The molecule has 0 spiro atoms. The van der Waals surface area contributed by atoms with Crippen molar-refractivity contribution in [2.24, 2.45) is 0 Å². The number of nitrogens with zero attached hydrogens (tertiary/aromatic N) is 2. The maximum absolute atomic E-state index is 12.9. The fraction of sp³-hybridized carbons (Fsp3) is 0.276. The van der Waals surface area contributed by atoms with Crippen molar-refractivity contribution in [3.8, 4) is 5.75 Å². The molecular weight excluding hydrogens is 508 g/mol. The van der Waals surface area contributed by atoms with E-state index in [9.17, 15) is 13.6 Å². The summed E-state index contributed by atoms with van der Waals surface area (Å²) in [4.78, 5) is 18.8. The second-order valence-electron chi connectivity index (χ2n) is 9.17. The number of furan rings is 1. The number of rotatable bonds is 8. The molecule has 0 saturated carbocycles. The number of halogens is 2. The highest BCUT2D eigenvalue weighted by atomic mass is 32.1. The van der Waals surface area contributed by atoms with Gasteiger partial charge in [-0.15, -0.1) is 11.3 Å². The summed E-state index contributed by atoms with van der Waals surface area (Å²) in [7, 11) is 0. The second-order valence-corrected chi connectivity index (χ2v) is 10.4. The van der Waals surface area contributed by atoms with Crippen LogP contribution in [0.4, 0.5) is 19.5 Å². The molecule has 1 amide bonds. The number of carbonyl (C=O) groups excluding carboxylic acids is 1. The summed E-state index contributed by atoms with van der Waals surface area (Å²) in [5.74, 6) is 0.0352. The Balaban J connectivity index is 1.49. The normalized spacial score (nSPS) is 15.0. The fourth-order valence-corrected chi connectivity index (χ4v) is 6.00. The second kappa shape index (κ2) is 11.4. The van der Waals surface area contributed by atoms with Gasteiger partial charge in [0.05, 0.1) is 12.3 Å². The van der Waals surface area contributed by atoms with Crippen molar-refractivity contribution in [3.05, 3.63) is 100 Å². The minimum atomic E-state index is -2.88. The van der Waals surface area contributed by atoms with Crippen LogP contribution >= 0.6 is 11.3 Å². The first-order valence-electron chi connectivity index (χ1n) is 12.4. The van der Waals surface area contributed by atoms with Gasteiger partial charge >= 0.3 is 6.61 Å². The van der Waals surface area contributed by atoms with E-state index in [0.717, 1.165) is 52.7 Å². The van der Waals surface area contributed by atoms with Crippen LogP contribution in [0.5, 0.6) is 5.75 Å². The average molecular weight is 538 g/mol. The Bertz CT molecular complexity index is 1350. The summed E-state index contributed by atoms with van der Waals surface area (Å²) < 4.78 is 35.4. The predicted octanol–water partition coefficient (Wildman–Crippen LogP) is 6.72. The quantitative estimate of drug-likeness (QED) is 0.270. The van der Waals surface area contributed by atoms with Crippen LogP contribution in [-0.2, 0) is 0 Å². The van der Waals surface area contributed by atoms with E-state index in [1.807, 2.05) is 37.3 Å². The molecule has 198 valence electrons. The lowest BCUT2D eigenvalue weighted by Crippen LogP contribution is -2.48. The van der Waals surface area contributed by atoms with Crippen molar-refractivity contribution in [3.63, 3.8) is 0 Å². The van der Waals surface area contributed by atoms with E-state index in [-0.39, 0.29) is 23.5 Å². The zero-order valence-electron chi connectivity index (χ0n) is 21.2. The number of carbonyl (C=O) groups is 1. The first-order chi connectivity index (χ1) is 18.4. The molecule has 3 heterocycles. The molecule has 1 fully saturated rings. The summed E-state index contributed by atoms with van der Waals surface area (Å²) in [6.45, 7) is 4.46. The Hall–Kier alpha value is -3.69. The SMILES string of the molecule is Cc1sc(NC(=O)c2ccco2)c([C@@H](c2ccc(OC(F)F)cc2)N2CCN(c3ccccc3)CC2)c1C. The van der Waals surface area contributed by atoms with Crippen LogP contribution in [0.25, 0.3) is 0 Å². The third kappa shape index (κ3) is 5.58. The van der Waals surface area contributed by atoms with E-state index in [1.54, 1.807) is 24.3 Å². The highest BCUT2D eigenvalue weighted by molar-refractivity contribution is 7.16. The maximum Gasteiger partial charge on any atom is 0.387 e. The molecule has 2 aromatic carbocycles. The van der Waals surface area contributed by atoms with Crippen LogP contribution in [0, 0.1) is 13.8 Å². The Labute approximate surface area is 224 Å². The highest BCUT2D eigenvalue weighted by Gasteiger charge is 2.32. The molecule has 4 aromatic rings. The van der Waals surface area contributed by atoms with Crippen LogP contribution in [0.3, 0.4) is 0 Å². The third-order valence-electron chi connectivity index (χ3n) is 6.90. The number of amides is 1. The van der Waals surface area contributed by atoms with Gasteiger partial charge in [-0.2, -0.15) is 8.78 Å². The lowest BCUT2D eigenvalue weighted by Gasteiger charge is -2.41. The predicted molar refractivity (Wildman–Crippen MR) is 146 cm³/mol. The van der Waals surface area contributed by atoms with Crippen molar-refractivity contribution in [2.75, 3.05) is 36.4 Å². The standard InChI is InChI=1S/C29H29F2N3O3S/c1-19-20(2)38-28(32-27(35)24-9-6-18-36-24)25(19)26(21-10-12-23(13-11-21)37-29(30)31)34-16-14-33(15-17-34)22-7-4-3-5-8-22/h3-13,18,26,29H,14-17H2,1-2H3,(H,32,35)/t26-/m1/s1. The highest BCUT2D eigenvalue weighted by Crippen LogP contribution is 2.43. The third-order valence-corrected chi connectivity index (χ3v) is 8.04. The number of anilines is 2. The molecule has 1 atom stereocenters. The van der Waals surface area contributed by atoms with E-state index < -0.39 is 6.61 Å². The van der Waals surface area contributed by atoms with Crippen LogP contribution in [-0.4, -0.2) is 43.6 Å². The molecule has 0 bridgehead atoms. The summed E-state index contributed by atoms with van der Waals surface area (Å²) in [5.41, 5.74) is 4.22. The Morgan fingerprint density at radius 3 is 2.32 bits per heavy atom. The number of alkyl halides is 2. The van der Waals surface area contributed by atoms with Gasteiger partial charge in [-0.3, -0.25) is 9.69 Å². The Kier molecular flexibility index (Phi) is 7.76. The molecule has 1 N–H and O–H groups in total. The van der Waals surface area contributed by atoms with Crippen molar-refractivity contribution >= 4 is 27.9 Å². The molecule has 1 aliphatic heterocycles. The molecule has 2 aromatic heterocycles. The topological polar surface area (TPSA) is 58.0 Å². The van der Waals surface area contributed by atoms with Gasteiger partial charge in [-0.05, 0) is 61.4 Å². The van der Waals surface area contributed by atoms with Crippen LogP contribution in [0.2, 0.25) is 0 Å². The molecule has 6 nitrogen and oxygen atoms in total. The number of thiophene rings is 1. The molecule has 0 unspecified atom stereocenters. The van der Waals surface area contributed by atoms with E-state index >= 15 is 0 Å². The summed E-state index contributed by atoms with van der Waals surface area (Å²) in [5, 5.41) is 3.82. The number of para-hydroxylation sites is 1. The van der Waals surface area contributed by atoms with Crippen LogP contribution < -0.4 is 15.0 Å². The molecular formula is C29H29F2N3O3S. The van der Waals surface area contributed by atoms with Gasteiger partial charge in [-0.1, -0.05) is 30.3 Å². The van der Waals surface area contributed by atoms with Crippen LogP contribution in [0.1, 0.15) is 38.2 Å². The fourth-order valence-electron chi connectivity index (χ4n) is 4.91. The monoisotopic (exact) mass is 537 g/mol. The largest absolute Gasteiger partial charge is 0.459 e. The van der Waals surface area contributed by atoms with Gasteiger partial charge in [0.1, 0.15) is 10.8 Å². The molecule has 1 aliphatic rings. The van der Waals surface area contributed by atoms with E-state index in [1.165, 1.54) is 23.3 Å². The summed E-state index contributed by atoms with van der Waals surface area (Å²) in [6.07, 6.45) is 1.47. The van der Waals surface area contributed by atoms with E-state index in [4.69, 9.17) is 4.42 Å². The number of aryl methyl sites for hydroxylation is 1. The Morgan fingerprint density at radius 2 is 1.68 bits per heavy atom. The zero-order chi connectivity index (χ0) is 26.6. The van der Waals surface area contributed by atoms with Gasteiger partial charge in [-0.25, -0.2) is 0 Å². The zero-order valence-corrected chi connectivity index (χ0v) is 22.0. The van der Waals surface area contributed by atoms with E-state index in [0.29, 0.717) is 0 Å². The summed E-state index contributed by atoms with van der Waals surface area (Å²) in [6, 6.07) is 20.2. The van der Waals surface area contributed by atoms with Crippen molar-refractivity contribution in [2.45, 2.75) is 26.5 Å². The number of ether oxygens (including phenoxy) is 1. The van der Waals surface area contributed by atoms with Gasteiger partial charge < -0.3 is 19.4 Å². The minimum absolute atomic E-state index is 0.112. The molecule has 38 heavy (non-hydrogen) atoms. The number of hydrogen-bond donors (Lipinski definition) is 1. The number of benzene rings is 2. The minimum Gasteiger partial charge on any atom is -0.459 e. The molecule has 1 saturated heterocycles. The molecule has 5 rings (SSSR count). The van der Waals surface area contributed by atoms with Crippen LogP contribution in [0.15, 0.2) is 77.4 Å². The van der Waals surface area contributed by atoms with Crippen molar-refractivity contribution in [1.29, 1.82) is 0 Å². The van der Waals surface area contributed by atoms with Gasteiger partial charge in [0.25, 0.3) is 5.91 Å². The van der Waals surface area contributed by atoms with Gasteiger partial charge in [0.15, 0.2) is 5.76 Å². The van der Waals surface area contributed by atoms with Crippen molar-refractivity contribution < 1.29 is 22.7 Å². The van der Waals surface area contributed by atoms with Gasteiger partial charge in [0.2, 0.25) is 0 Å². The summed E-state index contributed by atoms with van der Waals surface area (Å²) >= 11 is 1.53. The molecule has 9 heteroatoms.